The molecule has 0 aliphatic carbocycles. The molecule has 0 bridgehead atoms. The number of carbonyl (C=O) groups is 1. The summed E-state index contributed by atoms with van der Waals surface area (Å²) < 4.78 is 13.0. The number of rotatable bonds is 3. The summed E-state index contributed by atoms with van der Waals surface area (Å²) in [4.78, 5) is 23.2. The van der Waals surface area contributed by atoms with Gasteiger partial charge in [0.05, 0.1) is 17.5 Å². The van der Waals surface area contributed by atoms with Crippen LogP contribution < -0.4 is 0 Å². The molecule has 0 saturated carbocycles. The van der Waals surface area contributed by atoms with Crippen LogP contribution in [-0.4, -0.2) is 49.2 Å². The third-order valence-corrected chi connectivity index (χ3v) is 5.32. The third kappa shape index (κ3) is 4.17. The molecule has 0 N–H and O–H groups in total. The number of amides is 1. The van der Waals surface area contributed by atoms with Gasteiger partial charge in [-0.05, 0) is 51.7 Å². The molecule has 4 heterocycles. The minimum absolute atomic E-state index is 0.172. The van der Waals surface area contributed by atoms with Gasteiger partial charge in [0.25, 0.3) is 5.89 Å². The molecule has 0 spiro atoms. The van der Waals surface area contributed by atoms with Crippen LogP contribution in [0.1, 0.15) is 70.8 Å². The highest BCUT2D eigenvalue weighted by Gasteiger charge is 2.29. The first-order chi connectivity index (χ1) is 14.2. The lowest BCUT2D eigenvalue weighted by Crippen LogP contribution is -2.41. The molecule has 0 atom stereocenters. The minimum Gasteiger partial charge on any atom is -0.444 e. The molecule has 8 nitrogen and oxygen atoms in total. The molecule has 30 heavy (non-hydrogen) atoms. The smallest absolute Gasteiger partial charge is 0.410 e. The predicted molar refractivity (Wildman–Crippen MR) is 112 cm³/mol. The average molecular weight is 412 g/mol. The monoisotopic (exact) mass is 411 g/mol. The van der Waals surface area contributed by atoms with Gasteiger partial charge < -0.3 is 18.6 Å². The van der Waals surface area contributed by atoms with Crippen LogP contribution in [0.25, 0.3) is 17.0 Å². The molecule has 3 aromatic rings. The van der Waals surface area contributed by atoms with Crippen molar-refractivity contribution in [2.24, 2.45) is 0 Å². The first-order valence-electron chi connectivity index (χ1n) is 10.5. The second kappa shape index (κ2) is 7.74. The predicted octanol–water partition coefficient (Wildman–Crippen LogP) is 4.62. The van der Waals surface area contributed by atoms with E-state index < -0.39 is 5.60 Å². The number of imidazole rings is 1. The second-order valence-corrected chi connectivity index (χ2v) is 9.19. The average Bonchev–Trinajstić information content (AvgIpc) is 3.33. The van der Waals surface area contributed by atoms with Gasteiger partial charge in [0.1, 0.15) is 5.60 Å². The fourth-order valence-electron chi connectivity index (χ4n) is 3.75. The second-order valence-electron chi connectivity index (χ2n) is 9.19. The number of likely N-dealkylation sites (tertiary alicyclic amines) is 1. The van der Waals surface area contributed by atoms with Crippen LogP contribution in [0.4, 0.5) is 4.79 Å². The summed E-state index contributed by atoms with van der Waals surface area (Å²) in [6.07, 6.45) is 5.11. The van der Waals surface area contributed by atoms with Crippen molar-refractivity contribution >= 4 is 11.6 Å². The Kier molecular flexibility index (Phi) is 5.26. The van der Waals surface area contributed by atoms with E-state index >= 15 is 0 Å². The van der Waals surface area contributed by atoms with Gasteiger partial charge in [0.2, 0.25) is 0 Å². The summed E-state index contributed by atoms with van der Waals surface area (Å²) in [6.45, 7) is 11.1. The van der Waals surface area contributed by atoms with Crippen molar-refractivity contribution < 1.29 is 14.1 Å². The van der Waals surface area contributed by atoms with Gasteiger partial charge in [0, 0.05) is 30.8 Å². The highest BCUT2D eigenvalue weighted by molar-refractivity contribution is 5.68. The Morgan fingerprint density at radius 2 is 2.00 bits per heavy atom. The number of pyridine rings is 1. The van der Waals surface area contributed by atoms with Crippen LogP contribution in [0, 0.1) is 0 Å². The molecule has 160 valence electrons. The van der Waals surface area contributed by atoms with E-state index in [-0.39, 0.29) is 12.0 Å². The molecule has 0 unspecified atom stereocenters. The van der Waals surface area contributed by atoms with Gasteiger partial charge in [-0.2, -0.15) is 4.98 Å². The summed E-state index contributed by atoms with van der Waals surface area (Å²) >= 11 is 0. The maximum absolute atomic E-state index is 12.3. The molecule has 1 aliphatic rings. The first kappa shape index (κ1) is 20.4. The minimum atomic E-state index is -0.484. The van der Waals surface area contributed by atoms with Crippen LogP contribution in [0.2, 0.25) is 0 Å². The number of fused-ring (bicyclic) bond motifs is 1. The van der Waals surface area contributed by atoms with Crippen LogP contribution >= 0.6 is 0 Å². The molecule has 1 amide bonds. The van der Waals surface area contributed by atoms with Crippen molar-refractivity contribution in [1.29, 1.82) is 0 Å². The van der Waals surface area contributed by atoms with E-state index in [1.54, 1.807) is 4.90 Å². The number of hydrogen-bond donors (Lipinski definition) is 0. The molecule has 1 fully saturated rings. The lowest BCUT2D eigenvalue weighted by atomic mass is 9.96. The summed E-state index contributed by atoms with van der Waals surface area (Å²) in [7, 11) is 0. The third-order valence-electron chi connectivity index (χ3n) is 5.32. The molecular formula is C22H29N5O3. The quantitative estimate of drug-likeness (QED) is 0.625. The van der Waals surface area contributed by atoms with Gasteiger partial charge in [-0.3, -0.25) is 0 Å². The lowest BCUT2D eigenvalue weighted by Gasteiger charge is -2.32. The number of carbonyl (C=O) groups excluding carboxylic acids is 1. The van der Waals surface area contributed by atoms with Crippen molar-refractivity contribution in [3.05, 3.63) is 36.2 Å². The van der Waals surface area contributed by atoms with Gasteiger partial charge in [0.15, 0.2) is 5.82 Å². The van der Waals surface area contributed by atoms with Crippen molar-refractivity contribution in [1.82, 2.24) is 24.4 Å². The molecular weight excluding hydrogens is 382 g/mol. The number of ether oxygens (including phenoxy) is 1. The van der Waals surface area contributed by atoms with E-state index in [1.165, 1.54) is 0 Å². The molecule has 3 aromatic heterocycles. The Morgan fingerprint density at radius 3 is 2.67 bits per heavy atom. The van der Waals surface area contributed by atoms with Gasteiger partial charge in [-0.15, -0.1) is 0 Å². The van der Waals surface area contributed by atoms with Gasteiger partial charge >= 0.3 is 6.09 Å². The molecule has 1 aliphatic heterocycles. The Balaban J connectivity index is 1.46. The van der Waals surface area contributed by atoms with Crippen LogP contribution in [0.5, 0.6) is 0 Å². The molecule has 0 radical (unpaired) electrons. The van der Waals surface area contributed by atoms with E-state index in [1.807, 2.05) is 49.8 Å². The Hall–Kier alpha value is -2.90. The SMILES string of the molecule is CC(C)c1ncn2ccc(-c3nc(C4CCN(C(=O)OC(C)(C)C)CC4)no3)cc12. The zero-order chi connectivity index (χ0) is 21.5. The first-order valence-corrected chi connectivity index (χ1v) is 10.5. The summed E-state index contributed by atoms with van der Waals surface area (Å²) in [5.41, 5.74) is 2.50. The highest BCUT2D eigenvalue weighted by atomic mass is 16.6. The standard InChI is InChI=1S/C22H29N5O3/c1-14(2)18-17-12-16(8-11-27(17)13-23-18)20-24-19(25-30-20)15-6-9-26(10-7-15)21(28)29-22(3,4)5/h8,11-15H,6-7,9-10H2,1-5H3. The van der Waals surface area contributed by atoms with Crippen LogP contribution in [0.15, 0.2) is 29.2 Å². The highest BCUT2D eigenvalue weighted by Crippen LogP contribution is 2.30. The van der Waals surface area contributed by atoms with E-state index in [4.69, 9.17) is 9.26 Å². The molecule has 1 saturated heterocycles. The van der Waals surface area contributed by atoms with Crippen molar-refractivity contribution in [3.63, 3.8) is 0 Å². The van der Waals surface area contributed by atoms with Crippen LogP contribution in [0.3, 0.4) is 0 Å². The zero-order valence-electron chi connectivity index (χ0n) is 18.3. The number of piperidine rings is 1. The molecule has 0 aromatic carbocycles. The van der Waals surface area contributed by atoms with Gasteiger partial charge in [-0.25, -0.2) is 9.78 Å². The van der Waals surface area contributed by atoms with E-state index in [2.05, 4.69) is 29.0 Å². The maximum Gasteiger partial charge on any atom is 0.410 e. The van der Waals surface area contributed by atoms with E-state index in [9.17, 15) is 4.79 Å². The largest absolute Gasteiger partial charge is 0.444 e. The summed E-state index contributed by atoms with van der Waals surface area (Å²) in [5, 5.41) is 4.23. The fraction of sp³-hybridized carbons (Fsp3) is 0.545. The summed E-state index contributed by atoms with van der Waals surface area (Å²) in [5.74, 6) is 1.72. The number of nitrogens with zero attached hydrogens (tertiary/aromatic N) is 5. The number of aromatic nitrogens is 4. The van der Waals surface area contributed by atoms with Gasteiger partial charge in [-0.1, -0.05) is 19.0 Å². The number of hydrogen-bond acceptors (Lipinski definition) is 6. The normalized spacial score (nSPS) is 15.9. The maximum atomic E-state index is 12.3. The van der Waals surface area contributed by atoms with Crippen molar-refractivity contribution in [3.8, 4) is 11.5 Å². The van der Waals surface area contributed by atoms with Crippen molar-refractivity contribution in [2.75, 3.05) is 13.1 Å². The summed E-state index contributed by atoms with van der Waals surface area (Å²) in [6, 6.07) is 4.01. The topological polar surface area (TPSA) is 85.8 Å². The Morgan fingerprint density at radius 1 is 1.27 bits per heavy atom. The molecule has 8 heteroatoms. The van der Waals surface area contributed by atoms with Crippen molar-refractivity contribution in [2.45, 2.75) is 64.9 Å². The molecule has 4 rings (SSSR count). The Bertz CT molecular complexity index is 1040. The fourth-order valence-corrected chi connectivity index (χ4v) is 3.75. The lowest BCUT2D eigenvalue weighted by molar-refractivity contribution is 0.0203. The zero-order valence-corrected chi connectivity index (χ0v) is 18.3. The van der Waals surface area contributed by atoms with E-state index in [0.29, 0.717) is 30.7 Å². The Labute approximate surface area is 176 Å². The van der Waals surface area contributed by atoms with E-state index in [0.717, 1.165) is 29.6 Å². The van der Waals surface area contributed by atoms with Crippen LogP contribution in [-0.2, 0) is 4.74 Å².